The molecule has 0 radical (unpaired) electrons. The molecule has 0 saturated carbocycles. The molecule has 31 heavy (non-hydrogen) atoms. The van der Waals surface area contributed by atoms with Gasteiger partial charge in [-0.25, -0.2) is 4.39 Å². The highest BCUT2D eigenvalue weighted by Gasteiger charge is 2.25. The summed E-state index contributed by atoms with van der Waals surface area (Å²) in [5.41, 5.74) is 4.33. The van der Waals surface area contributed by atoms with Gasteiger partial charge in [-0.1, -0.05) is 30.3 Å². The van der Waals surface area contributed by atoms with Crippen molar-refractivity contribution >= 4 is 27.7 Å². The largest absolute Gasteiger partial charge is 0.341 e. The third kappa shape index (κ3) is 3.70. The number of para-hydroxylation sites is 1. The number of fused-ring (bicyclic) bond motifs is 3. The number of carbonyl (C=O) groups excluding carboxylic acids is 1. The Morgan fingerprint density at radius 2 is 1.71 bits per heavy atom. The van der Waals surface area contributed by atoms with E-state index in [-0.39, 0.29) is 11.7 Å². The molecular formula is C26H27FN3O+. The maximum atomic E-state index is 13.5. The van der Waals surface area contributed by atoms with E-state index >= 15 is 0 Å². The molecule has 158 valence electrons. The van der Waals surface area contributed by atoms with E-state index in [0.29, 0.717) is 18.7 Å². The van der Waals surface area contributed by atoms with E-state index in [1.165, 1.54) is 44.4 Å². The van der Waals surface area contributed by atoms with Gasteiger partial charge < -0.3 is 14.4 Å². The molecule has 0 unspecified atom stereocenters. The van der Waals surface area contributed by atoms with Gasteiger partial charge in [0.1, 0.15) is 12.4 Å². The zero-order chi connectivity index (χ0) is 21.4. The Hall–Kier alpha value is -3.18. The van der Waals surface area contributed by atoms with Crippen LogP contribution in [0.3, 0.4) is 0 Å². The van der Waals surface area contributed by atoms with E-state index in [4.69, 9.17) is 0 Å². The molecule has 3 aromatic carbocycles. The van der Waals surface area contributed by atoms with Gasteiger partial charge in [0, 0.05) is 39.5 Å². The van der Waals surface area contributed by atoms with Crippen molar-refractivity contribution in [3.05, 3.63) is 83.7 Å². The van der Waals surface area contributed by atoms with E-state index in [2.05, 4.69) is 54.0 Å². The molecule has 1 fully saturated rings. The van der Waals surface area contributed by atoms with Crippen LogP contribution in [0.5, 0.6) is 0 Å². The molecule has 1 N–H and O–H groups in total. The summed E-state index contributed by atoms with van der Waals surface area (Å²) in [5.74, 6) is -0.442. The molecule has 5 heteroatoms. The lowest BCUT2D eigenvalue weighted by molar-refractivity contribution is -0.917. The van der Waals surface area contributed by atoms with Crippen LogP contribution in [0.2, 0.25) is 0 Å². The normalized spacial score (nSPS) is 15.1. The first-order valence-electron chi connectivity index (χ1n) is 11.0. The molecule has 0 atom stereocenters. The van der Waals surface area contributed by atoms with Gasteiger partial charge in [0.2, 0.25) is 0 Å². The van der Waals surface area contributed by atoms with E-state index in [1.54, 1.807) is 12.1 Å². The highest BCUT2D eigenvalue weighted by molar-refractivity contribution is 6.08. The fraction of sp³-hybridized carbons (Fsp3) is 0.269. The van der Waals surface area contributed by atoms with Crippen LogP contribution >= 0.6 is 0 Å². The van der Waals surface area contributed by atoms with Crippen molar-refractivity contribution in [1.29, 1.82) is 0 Å². The number of amides is 1. The van der Waals surface area contributed by atoms with Crippen LogP contribution in [0, 0.1) is 5.82 Å². The van der Waals surface area contributed by atoms with Gasteiger partial charge in [-0.15, -0.1) is 0 Å². The fourth-order valence-electron chi connectivity index (χ4n) is 4.85. The van der Waals surface area contributed by atoms with Crippen LogP contribution < -0.4 is 4.90 Å². The molecule has 2 heterocycles. The molecule has 0 aliphatic carbocycles. The molecule has 4 nitrogen and oxygen atoms in total. The van der Waals surface area contributed by atoms with Gasteiger partial charge >= 0.3 is 0 Å². The predicted molar refractivity (Wildman–Crippen MR) is 122 cm³/mol. The first kappa shape index (κ1) is 19.8. The number of carbonyl (C=O) groups is 1. The fourth-order valence-corrected chi connectivity index (χ4v) is 4.85. The number of benzene rings is 3. The third-order valence-electron chi connectivity index (χ3n) is 6.44. The van der Waals surface area contributed by atoms with E-state index in [1.807, 2.05) is 4.90 Å². The quantitative estimate of drug-likeness (QED) is 0.542. The Labute approximate surface area is 181 Å². The van der Waals surface area contributed by atoms with Crippen LogP contribution in [-0.4, -0.2) is 41.6 Å². The number of hydrogen-bond acceptors (Lipinski definition) is 1. The Bertz CT molecular complexity index is 1250. The van der Waals surface area contributed by atoms with Crippen LogP contribution in [0.1, 0.15) is 22.8 Å². The van der Waals surface area contributed by atoms with E-state index in [9.17, 15) is 9.18 Å². The summed E-state index contributed by atoms with van der Waals surface area (Å²) in [6, 6.07) is 21.4. The summed E-state index contributed by atoms with van der Waals surface area (Å²) in [5, 5.41) is 2.62. The van der Waals surface area contributed by atoms with Crippen LogP contribution in [0.25, 0.3) is 21.8 Å². The average molecular weight is 417 g/mol. The highest BCUT2D eigenvalue weighted by atomic mass is 19.1. The summed E-state index contributed by atoms with van der Waals surface area (Å²) >= 11 is 0. The lowest BCUT2D eigenvalue weighted by Gasteiger charge is -2.32. The lowest BCUT2D eigenvalue weighted by Crippen LogP contribution is -3.13. The molecule has 1 aromatic heterocycles. The first-order valence-corrected chi connectivity index (χ1v) is 11.0. The molecular weight excluding hydrogens is 389 g/mol. The third-order valence-corrected chi connectivity index (χ3v) is 6.44. The Morgan fingerprint density at radius 1 is 0.935 bits per heavy atom. The first-order chi connectivity index (χ1) is 15.1. The lowest BCUT2D eigenvalue weighted by atomic mass is 10.1. The topological polar surface area (TPSA) is 29.7 Å². The Kier molecular flexibility index (Phi) is 5.20. The second-order valence-electron chi connectivity index (χ2n) is 8.34. The number of rotatable bonds is 4. The SMILES string of the molecule is CCn1c2ccccc2c2cc(C[NH+]3CCN(C(=O)c4cccc(F)c4)CC3)ccc21. The van der Waals surface area contributed by atoms with E-state index < -0.39 is 0 Å². The van der Waals surface area contributed by atoms with Crippen molar-refractivity contribution in [1.82, 2.24) is 9.47 Å². The highest BCUT2D eigenvalue weighted by Crippen LogP contribution is 2.29. The van der Waals surface area contributed by atoms with Crippen molar-refractivity contribution in [3.63, 3.8) is 0 Å². The standard InChI is InChI=1S/C26H26FN3O/c1-2-30-24-9-4-3-8-22(24)23-16-19(10-11-25(23)30)18-28-12-14-29(15-13-28)26(31)20-6-5-7-21(27)17-20/h3-11,16-17H,2,12-15,18H2,1H3/p+1. The second kappa shape index (κ2) is 8.16. The molecule has 1 aliphatic heterocycles. The molecule has 1 amide bonds. The zero-order valence-corrected chi connectivity index (χ0v) is 17.8. The number of quaternary nitrogens is 1. The van der Waals surface area contributed by atoms with Crippen LogP contribution in [0.4, 0.5) is 4.39 Å². The summed E-state index contributed by atoms with van der Waals surface area (Å²) < 4.78 is 15.8. The maximum absolute atomic E-state index is 13.5. The predicted octanol–water partition coefficient (Wildman–Crippen LogP) is 3.49. The summed E-state index contributed by atoms with van der Waals surface area (Å²) in [7, 11) is 0. The molecule has 5 rings (SSSR count). The summed E-state index contributed by atoms with van der Waals surface area (Å²) in [6.45, 7) is 7.28. The average Bonchev–Trinajstić information content (AvgIpc) is 3.12. The molecule has 4 aromatic rings. The number of aromatic nitrogens is 1. The number of piperazine rings is 1. The zero-order valence-electron chi connectivity index (χ0n) is 17.8. The monoisotopic (exact) mass is 416 g/mol. The molecule has 0 bridgehead atoms. The Balaban J connectivity index is 1.30. The number of halogens is 1. The van der Waals surface area contributed by atoms with Crippen molar-refractivity contribution in [2.24, 2.45) is 0 Å². The van der Waals surface area contributed by atoms with Gasteiger partial charge in [-0.2, -0.15) is 0 Å². The molecule has 1 saturated heterocycles. The minimum atomic E-state index is -0.366. The summed E-state index contributed by atoms with van der Waals surface area (Å²) in [4.78, 5) is 16.0. The maximum Gasteiger partial charge on any atom is 0.254 e. The van der Waals surface area contributed by atoms with E-state index in [0.717, 1.165) is 26.2 Å². The second-order valence-corrected chi connectivity index (χ2v) is 8.34. The number of hydrogen-bond donors (Lipinski definition) is 1. The minimum Gasteiger partial charge on any atom is -0.341 e. The van der Waals surface area contributed by atoms with Crippen molar-refractivity contribution in [2.75, 3.05) is 26.2 Å². The molecule has 1 aliphatic rings. The number of nitrogens with one attached hydrogen (secondary N) is 1. The van der Waals surface area contributed by atoms with Crippen molar-refractivity contribution < 1.29 is 14.1 Å². The Morgan fingerprint density at radius 3 is 2.48 bits per heavy atom. The van der Waals surface area contributed by atoms with Gasteiger partial charge in [0.25, 0.3) is 5.91 Å². The van der Waals surface area contributed by atoms with Gasteiger partial charge in [0.05, 0.1) is 26.2 Å². The number of nitrogens with zero attached hydrogens (tertiary/aromatic N) is 2. The van der Waals surface area contributed by atoms with Gasteiger partial charge in [0.15, 0.2) is 0 Å². The minimum absolute atomic E-state index is 0.0765. The van der Waals surface area contributed by atoms with Crippen molar-refractivity contribution in [3.8, 4) is 0 Å². The van der Waals surface area contributed by atoms with Crippen LogP contribution in [-0.2, 0) is 13.1 Å². The van der Waals surface area contributed by atoms with Gasteiger partial charge in [-0.3, -0.25) is 4.79 Å². The smallest absolute Gasteiger partial charge is 0.254 e. The van der Waals surface area contributed by atoms with Crippen LogP contribution in [0.15, 0.2) is 66.7 Å². The summed E-state index contributed by atoms with van der Waals surface area (Å²) in [6.07, 6.45) is 0. The van der Waals surface area contributed by atoms with Crippen molar-refractivity contribution in [2.45, 2.75) is 20.0 Å². The molecule has 0 spiro atoms. The number of aryl methyl sites for hydroxylation is 1. The van der Waals surface area contributed by atoms with Gasteiger partial charge in [-0.05, 0) is 43.3 Å².